The van der Waals surface area contributed by atoms with Crippen LogP contribution in [0.5, 0.6) is 0 Å². The van der Waals surface area contributed by atoms with Gasteiger partial charge in [0.05, 0.1) is 19.6 Å². The highest BCUT2D eigenvalue weighted by Crippen LogP contribution is 2.15. The number of nitrogens with zero attached hydrogens (tertiary/aromatic N) is 1. The molecule has 1 aromatic rings. The number of aromatic amines is 1. The van der Waals surface area contributed by atoms with Gasteiger partial charge in [0, 0.05) is 12.7 Å². The van der Waals surface area contributed by atoms with E-state index in [0.717, 1.165) is 0 Å². The molecule has 1 aromatic heterocycles. The second-order valence-electron chi connectivity index (χ2n) is 3.71. The number of carbonyl (C=O) groups is 2. The number of carbonyl (C=O) groups excluding carboxylic acids is 2. The summed E-state index contributed by atoms with van der Waals surface area (Å²) in [6.45, 7) is 1.03. The molecule has 7 nitrogen and oxygen atoms in total. The number of esters is 1. The number of aromatic nitrogens is 2. The van der Waals surface area contributed by atoms with Gasteiger partial charge in [-0.1, -0.05) is 0 Å². The molecule has 1 saturated heterocycles. The van der Waals surface area contributed by atoms with Gasteiger partial charge in [0.15, 0.2) is 5.82 Å². The Bertz CT molecular complexity index is 423. The normalized spacial score (nSPS) is 19.0. The third-order valence-corrected chi connectivity index (χ3v) is 2.53. The summed E-state index contributed by atoms with van der Waals surface area (Å²) in [6.07, 6.45) is 0.708. The summed E-state index contributed by atoms with van der Waals surface area (Å²) < 4.78 is 9.63. The number of anilines is 1. The van der Waals surface area contributed by atoms with Crippen molar-refractivity contribution in [3.05, 3.63) is 11.8 Å². The summed E-state index contributed by atoms with van der Waals surface area (Å²) in [6, 6.07) is 1.43. The number of nitrogens with one attached hydrogen (secondary N) is 2. The van der Waals surface area contributed by atoms with Gasteiger partial charge >= 0.3 is 5.97 Å². The fourth-order valence-electron chi connectivity index (χ4n) is 1.57. The van der Waals surface area contributed by atoms with E-state index in [-0.39, 0.29) is 17.5 Å². The van der Waals surface area contributed by atoms with Crippen molar-refractivity contribution < 1.29 is 19.1 Å². The minimum atomic E-state index is -0.526. The van der Waals surface area contributed by atoms with Gasteiger partial charge in [0.2, 0.25) is 5.91 Å². The molecule has 1 amide bonds. The summed E-state index contributed by atoms with van der Waals surface area (Å²) >= 11 is 0. The quantitative estimate of drug-likeness (QED) is 0.733. The van der Waals surface area contributed by atoms with Gasteiger partial charge in [-0.15, -0.1) is 0 Å². The van der Waals surface area contributed by atoms with Crippen LogP contribution in [-0.2, 0) is 14.3 Å². The number of hydrogen-bond donors (Lipinski definition) is 2. The van der Waals surface area contributed by atoms with Gasteiger partial charge in [0.25, 0.3) is 0 Å². The molecule has 0 spiro atoms. The van der Waals surface area contributed by atoms with Crippen molar-refractivity contribution in [2.45, 2.75) is 6.42 Å². The maximum Gasteiger partial charge on any atom is 0.356 e. The predicted octanol–water partition coefficient (Wildman–Crippen LogP) is 0.171. The molecule has 2 rings (SSSR count). The predicted molar refractivity (Wildman–Crippen MR) is 57.5 cm³/mol. The van der Waals surface area contributed by atoms with E-state index in [4.69, 9.17) is 4.74 Å². The first-order chi connectivity index (χ1) is 8.20. The van der Waals surface area contributed by atoms with E-state index in [9.17, 15) is 9.59 Å². The van der Waals surface area contributed by atoms with Gasteiger partial charge in [-0.05, 0) is 6.42 Å². The smallest absolute Gasteiger partial charge is 0.356 e. The van der Waals surface area contributed by atoms with Crippen molar-refractivity contribution in [3.8, 4) is 0 Å². The average Bonchev–Trinajstić information content (AvgIpc) is 2.98. The number of H-pyrrole nitrogens is 1. The first-order valence-corrected chi connectivity index (χ1v) is 5.23. The second-order valence-corrected chi connectivity index (χ2v) is 3.71. The average molecular weight is 239 g/mol. The van der Waals surface area contributed by atoms with Crippen LogP contribution in [-0.4, -0.2) is 42.4 Å². The molecule has 2 heterocycles. The molecule has 7 heteroatoms. The molecule has 0 radical (unpaired) electrons. The van der Waals surface area contributed by atoms with Crippen LogP contribution in [0.1, 0.15) is 16.9 Å². The van der Waals surface area contributed by atoms with E-state index in [1.165, 1.54) is 13.2 Å². The van der Waals surface area contributed by atoms with E-state index < -0.39 is 5.97 Å². The van der Waals surface area contributed by atoms with Gasteiger partial charge in [-0.3, -0.25) is 9.89 Å². The Balaban J connectivity index is 1.96. The van der Waals surface area contributed by atoms with Crippen LogP contribution in [0.15, 0.2) is 6.07 Å². The molecule has 0 bridgehead atoms. The highest BCUT2D eigenvalue weighted by molar-refractivity contribution is 5.94. The monoisotopic (exact) mass is 239 g/mol. The molecule has 1 aliphatic rings. The van der Waals surface area contributed by atoms with Crippen LogP contribution < -0.4 is 5.32 Å². The molecule has 1 unspecified atom stereocenters. The fraction of sp³-hybridized carbons (Fsp3) is 0.500. The van der Waals surface area contributed by atoms with E-state index >= 15 is 0 Å². The lowest BCUT2D eigenvalue weighted by atomic mass is 10.1. The fourth-order valence-corrected chi connectivity index (χ4v) is 1.57. The molecule has 1 aliphatic heterocycles. The maximum absolute atomic E-state index is 11.7. The van der Waals surface area contributed by atoms with Crippen molar-refractivity contribution in [3.63, 3.8) is 0 Å². The van der Waals surface area contributed by atoms with Gasteiger partial charge in [-0.25, -0.2) is 4.79 Å². The maximum atomic E-state index is 11.7. The third-order valence-electron chi connectivity index (χ3n) is 2.53. The summed E-state index contributed by atoms with van der Waals surface area (Å²) in [5.74, 6) is -0.511. The molecule has 0 aromatic carbocycles. The molecule has 92 valence electrons. The first kappa shape index (κ1) is 11.6. The van der Waals surface area contributed by atoms with Crippen LogP contribution in [0, 0.1) is 5.92 Å². The standard InChI is InChI=1S/C10H13N3O4/c1-16-10(15)7-4-8(13-12-7)11-9(14)6-2-3-17-5-6/h4,6H,2-3,5H2,1H3,(H2,11,12,13,14). The van der Waals surface area contributed by atoms with Gasteiger partial charge < -0.3 is 14.8 Å². The lowest BCUT2D eigenvalue weighted by Crippen LogP contribution is -2.22. The molecular weight excluding hydrogens is 226 g/mol. The SMILES string of the molecule is COC(=O)c1cc(NC(=O)C2CCOC2)n[nH]1. The van der Waals surface area contributed by atoms with E-state index in [1.54, 1.807) is 0 Å². The van der Waals surface area contributed by atoms with Crippen molar-refractivity contribution >= 4 is 17.7 Å². The van der Waals surface area contributed by atoms with Crippen molar-refractivity contribution in [1.29, 1.82) is 0 Å². The van der Waals surface area contributed by atoms with Crippen molar-refractivity contribution in [2.24, 2.45) is 5.92 Å². The number of ether oxygens (including phenoxy) is 2. The molecular formula is C10H13N3O4. The van der Waals surface area contributed by atoms with Crippen molar-refractivity contribution in [2.75, 3.05) is 25.6 Å². The van der Waals surface area contributed by atoms with E-state index in [0.29, 0.717) is 25.5 Å². The zero-order valence-electron chi connectivity index (χ0n) is 9.36. The van der Waals surface area contributed by atoms with Crippen LogP contribution >= 0.6 is 0 Å². The number of rotatable bonds is 3. The first-order valence-electron chi connectivity index (χ1n) is 5.23. The Labute approximate surface area is 97.5 Å². The molecule has 2 N–H and O–H groups in total. The zero-order chi connectivity index (χ0) is 12.3. The summed E-state index contributed by atoms with van der Waals surface area (Å²) in [4.78, 5) is 22.8. The van der Waals surface area contributed by atoms with Crippen LogP contribution in [0.25, 0.3) is 0 Å². The lowest BCUT2D eigenvalue weighted by Gasteiger charge is -2.05. The van der Waals surface area contributed by atoms with E-state index in [1.807, 2.05) is 0 Å². The Morgan fingerprint density at radius 2 is 2.47 bits per heavy atom. The van der Waals surface area contributed by atoms with Gasteiger partial charge in [-0.2, -0.15) is 5.10 Å². The number of amides is 1. The second kappa shape index (κ2) is 4.96. The summed E-state index contributed by atoms with van der Waals surface area (Å²) in [5.41, 5.74) is 0.200. The highest BCUT2D eigenvalue weighted by atomic mass is 16.5. The zero-order valence-corrected chi connectivity index (χ0v) is 9.36. The van der Waals surface area contributed by atoms with Crippen molar-refractivity contribution in [1.82, 2.24) is 10.2 Å². The molecule has 17 heavy (non-hydrogen) atoms. The lowest BCUT2D eigenvalue weighted by molar-refractivity contribution is -0.119. The molecule has 0 saturated carbocycles. The molecule has 0 aliphatic carbocycles. The summed E-state index contributed by atoms with van der Waals surface area (Å²) in [5, 5.41) is 8.89. The Morgan fingerprint density at radius 1 is 1.65 bits per heavy atom. The number of methoxy groups -OCH3 is 1. The van der Waals surface area contributed by atoms with Crippen LogP contribution in [0.2, 0.25) is 0 Å². The highest BCUT2D eigenvalue weighted by Gasteiger charge is 2.24. The molecule has 1 fully saturated rings. The van der Waals surface area contributed by atoms with E-state index in [2.05, 4.69) is 20.3 Å². The van der Waals surface area contributed by atoms with Crippen LogP contribution in [0.3, 0.4) is 0 Å². The largest absolute Gasteiger partial charge is 0.464 e. The minimum Gasteiger partial charge on any atom is -0.464 e. The Hall–Kier alpha value is -1.89. The number of hydrogen-bond acceptors (Lipinski definition) is 5. The molecule has 1 atom stereocenters. The minimum absolute atomic E-state index is 0.145. The third kappa shape index (κ3) is 2.62. The Morgan fingerprint density at radius 3 is 3.12 bits per heavy atom. The van der Waals surface area contributed by atoms with Gasteiger partial charge in [0.1, 0.15) is 5.69 Å². The Kier molecular flexibility index (Phi) is 3.38. The topological polar surface area (TPSA) is 93.3 Å². The van der Waals surface area contributed by atoms with Crippen LogP contribution in [0.4, 0.5) is 5.82 Å². The summed E-state index contributed by atoms with van der Waals surface area (Å²) in [7, 11) is 1.28.